The lowest BCUT2D eigenvalue weighted by Crippen LogP contribution is -2.56. The van der Waals surface area contributed by atoms with Gasteiger partial charge >= 0.3 is 6.85 Å². The fourth-order valence-electron chi connectivity index (χ4n) is 14.1. The second kappa shape index (κ2) is 15.0. The van der Waals surface area contributed by atoms with Crippen LogP contribution in [0.15, 0.2) is 170 Å². The summed E-state index contributed by atoms with van der Waals surface area (Å²) in [7, 11) is 0. The molecular formula is C69H63BN2. The number of benzene rings is 9. The van der Waals surface area contributed by atoms with Gasteiger partial charge in [-0.1, -0.05) is 189 Å². The van der Waals surface area contributed by atoms with Crippen LogP contribution in [-0.2, 0) is 21.7 Å². The Morgan fingerprint density at radius 1 is 0.417 bits per heavy atom. The van der Waals surface area contributed by atoms with Crippen molar-refractivity contribution >= 4 is 67.4 Å². The van der Waals surface area contributed by atoms with E-state index in [1.54, 1.807) is 0 Å². The van der Waals surface area contributed by atoms with Gasteiger partial charge in [0.25, 0.3) is 0 Å². The fourth-order valence-corrected chi connectivity index (χ4v) is 14.1. The van der Waals surface area contributed by atoms with Gasteiger partial charge in [0.1, 0.15) is 0 Å². The molecule has 0 fully saturated rings. The molecule has 0 spiro atoms. The number of nitrogens with zero attached hydrogens (tertiary/aromatic N) is 2. The van der Waals surface area contributed by atoms with Crippen molar-refractivity contribution in [2.24, 2.45) is 0 Å². The summed E-state index contributed by atoms with van der Waals surface area (Å²) in [6, 6.07) is 66.3. The third kappa shape index (κ3) is 6.22. The van der Waals surface area contributed by atoms with Gasteiger partial charge in [0.2, 0.25) is 0 Å². The summed E-state index contributed by atoms with van der Waals surface area (Å²) in [5, 5.41) is 5.23. The Morgan fingerprint density at radius 2 is 0.986 bits per heavy atom. The number of hydrogen-bond donors (Lipinski definition) is 0. The first-order valence-corrected chi connectivity index (χ1v) is 26.6. The number of hydrogen-bond acceptors (Lipinski definition) is 1. The molecule has 2 aliphatic carbocycles. The smallest absolute Gasteiger partial charge is 0.333 e. The van der Waals surface area contributed by atoms with E-state index in [-0.39, 0.29) is 28.5 Å². The predicted octanol–water partition coefficient (Wildman–Crippen LogP) is 17.4. The van der Waals surface area contributed by atoms with Crippen LogP contribution in [0.1, 0.15) is 109 Å². The van der Waals surface area contributed by atoms with E-state index in [1.165, 1.54) is 159 Å². The molecule has 2 nitrogen and oxygen atoms in total. The largest absolute Gasteiger partial charge is 0.375 e. The first-order valence-electron chi connectivity index (χ1n) is 26.6. The molecule has 72 heavy (non-hydrogen) atoms. The first kappa shape index (κ1) is 43.7. The summed E-state index contributed by atoms with van der Waals surface area (Å²) >= 11 is 0. The van der Waals surface area contributed by atoms with Crippen LogP contribution in [0.25, 0.3) is 77.1 Å². The van der Waals surface area contributed by atoms with E-state index < -0.39 is 0 Å². The molecule has 14 rings (SSSR count). The van der Waals surface area contributed by atoms with Crippen molar-refractivity contribution in [1.82, 2.24) is 4.48 Å². The van der Waals surface area contributed by atoms with Crippen LogP contribution in [0.5, 0.6) is 0 Å². The van der Waals surface area contributed by atoms with Crippen LogP contribution >= 0.6 is 0 Å². The van der Waals surface area contributed by atoms with Gasteiger partial charge in [0.05, 0.1) is 0 Å². The molecular weight excluding hydrogens is 868 g/mol. The van der Waals surface area contributed by atoms with Crippen LogP contribution in [-0.4, -0.2) is 11.3 Å². The number of aromatic nitrogens is 1. The second-order valence-corrected chi connectivity index (χ2v) is 24.6. The van der Waals surface area contributed by atoms with E-state index >= 15 is 0 Å². The van der Waals surface area contributed by atoms with Crippen molar-refractivity contribution in [1.29, 1.82) is 0 Å². The highest BCUT2D eigenvalue weighted by molar-refractivity contribution is 6.90. The monoisotopic (exact) mass is 931 g/mol. The van der Waals surface area contributed by atoms with Crippen molar-refractivity contribution < 1.29 is 0 Å². The number of para-hydroxylation sites is 1. The molecule has 0 amide bonds. The predicted molar refractivity (Wildman–Crippen MR) is 309 cm³/mol. The lowest BCUT2D eigenvalue weighted by atomic mass is 9.44. The van der Waals surface area contributed by atoms with E-state index in [2.05, 4.69) is 242 Å². The van der Waals surface area contributed by atoms with E-state index in [0.717, 1.165) is 0 Å². The first-order chi connectivity index (χ1) is 34.6. The van der Waals surface area contributed by atoms with Crippen molar-refractivity contribution in [2.45, 2.75) is 110 Å². The van der Waals surface area contributed by atoms with Gasteiger partial charge < -0.3 is 9.38 Å². The number of anilines is 3. The van der Waals surface area contributed by atoms with Gasteiger partial charge in [0, 0.05) is 44.4 Å². The molecule has 1 aromatic heterocycles. The quantitative estimate of drug-likeness (QED) is 0.160. The van der Waals surface area contributed by atoms with Gasteiger partial charge in [-0.15, -0.1) is 0 Å². The summed E-state index contributed by atoms with van der Waals surface area (Å²) < 4.78 is 2.73. The molecule has 9 aromatic carbocycles. The highest BCUT2D eigenvalue weighted by atomic mass is 15.2. The Labute approximate surface area is 426 Å². The second-order valence-electron chi connectivity index (χ2n) is 24.6. The maximum Gasteiger partial charge on any atom is 0.333 e. The molecule has 0 atom stereocenters. The van der Waals surface area contributed by atoms with Crippen LogP contribution in [0.3, 0.4) is 0 Å². The van der Waals surface area contributed by atoms with Gasteiger partial charge in [-0.3, -0.25) is 0 Å². The maximum absolute atomic E-state index is 2.73. The molecule has 0 bridgehead atoms. The lowest BCUT2D eigenvalue weighted by molar-refractivity contribution is 0.332. The highest BCUT2D eigenvalue weighted by Crippen LogP contribution is 2.51. The minimum atomic E-state index is -0.0708. The third-order valence-electron chi connectivity index (χ3n) is 18.5. The van der Waals surface area contributed by atoms with Crippen LogP contribution < -0.4 is 15.8 Å². The van der Waals surface area contributed by atoms with Crippen LogP contribution in [0.4, 0.5) is 17.1 Å². The van der Waals surface area contributed by atoms with Crippen molar-refractivity contribution in [3.63, 3.8) is 0 Å². The zero-order valence-electron chi connectivity index (χ0n) is 43.5. The summed E-state index contributed by atoms with van der Waals surface area (Å²) in [4.78, 5) is 2.60. The van der Waals surface area contributed by atoms with E-state index in [4.69, 9.17) is 0 Å². The molecule has 4 aliphatic rings. The summed E-state index contributed by atoms with van der Waals surface area (Å²) in [6.45, 7) is 21.6. The molecule has 0 saturated heterocycles. The highest BCUT2D eigenvalue weighted by Gasteiger charge is 2.44. The summed E-state index contributed by atoms with van der Waals surface area (Å²) in [6.07, 6.45) is 4.81. The minimum Gasteiger partial charge on any atom is -0.375 e. The molecule has 10 aromatic rings. The molecule has 0 unspecified atom stereocenters. The summed E-state index contributed by atoms with van der Waals surface area (Å²) in [5.74, 6) is 0. The van der Waals surface area contributed by atoms with Crippen molar-refractivity contribution in [3.8, 4) is 44.5 Å². The van der Waals surface area contributed by atoms with E-state index in [0.29, 0.717) is 0 Å². The fraction of sp³-hybridized carbons (Fsp3) is 0.246. The lowest BCUT2D eigenvalue weighted by Gasteiger charge is -2.42. The number of aryl methyl sites for hydroxylation is 1. The average Bonchev–Trinajstić information content (AvgIpc) is 3.73. The topological polar surface area (TPSA) is 8.17 Å². The average molecular weight is 931 g/mol. The zero-order chi connectivity index (χ0) is 49.2. The molecule has 0 radical (unpaired) electrons. The Bertz CT molecular complexity index is 3950. The SMILES string of the molecule is Cc1ccccc1-c1cc2c3c(c1)N(c1ccc(-c4ccc5c(c4)C(C)(C)CCC5(C)C)cc1)c1ccc(-c4ccc5c(c4)C(C)(C)CCC5(C)C)cc1B3n1c3ccc4ccccc4c3c3cccc-2c31. The Hall–Kier alpha value is -7.10. The van der Waals surface area contributed by atoms with Gasteiger partial charge in [0.15, 0.2) is 0 Å². The number of rotatable bonds is 4. The van der Waals surface area contributed by atoms with Crippen LogP contribution in [0.2, 0.25) is 0 Å². The standard InChI is InChI=1S/C69H63BN2/c1-42-15-10-12-17-50(42)48-37-54-52-19-14-20-53-63-51-18-13-11-16-44(51)25-32-61(63)72(65(52)53)70-59-40-47(46-24-30-56-58(39-46)69(8,9)36-34-67(56,4)5)26-31-60(59)71(62(41-48)64(54)70)49-27-21-43(22-28-49)45-23-29-55-57(38-45)68(6,7)35-33-66(55,2)3/h10-32,37-41H,33-36H2,1-9H3. The van der Waals surface area contributed by atoms with E-state index in [1.807, 2.05) is 0 Å². The van der Waals surface area contributed by atoms with E-state index in [9.17, 15) is 0 Å². The number of fused-ring (bicyclic) bond motifs is 11. The third-order valence-corrected chi connectivity index (χ3v) is 18.5. The zero-order valence-corrected chi connectivity index (χ0v) is 43.5. The van der Waals surface area contributed by atoms with Gasteiger partial charge in [-0.2, -0.15) is 0 Å². The normalized spacial score (nSPS) is 17.4. The summed E-state index contributed by atoms with van der Waals surface area (Å²) in [5.41, 5.74) is 27.0. The molecule has 3 heterocycles. The molecule has 0 N–H and O–H groups in total. The van der Waals surface area contributed by atoms with Crippen molar-refractivity contribution in [2.75, 3.05) is 4.90 Å². The molecule has 2 aliphatic heterocycles. The Morgan fingerprint density at radius 3 is 1.68 bits per heavy atom. The molecule has 352 valence electrons. The van der Waals surface area contributed by atoms with Crippen molar-refractivity contribution in [3.05, 3.63) is 198 Å². The minimum absolute atomic E-state index is 0.0708. The Balaban J connectivity index is 1.04. The molecule has 3 heteroatoms. The molecule has 0 saturated carbocycles. The van der Waals surface area contributed by atoms with Crippen LogP contribution in [0, 0.1) is 6.92 Å². The van der Waals surface area contributed by atoms with Gasteiger partial charge in [-0.05, 0) is 179 Å². The Kier molecular flexibility index (Phi) is 9.09. The van der Waals surface area contributed by atoms with Gasteiger partial charge in [-0.25, -0.2) is 0 Å². The maximum atomic E-state index is 2.73.